The molecule has 18 heavy (non-hydrogen) atoms. The van der Waals surface area contributed by atoms with Crippen molar-refractivity contribution in [3.63, 3.8) is 0 Å². The first kappa shape index (κ1) is 14.6. The first-order valence-electron chi connectivity index (χ1n) is 6.39. The molecular weight excluding hydrogens is 232 g/mol. The van der Waals surface area contributed by atoms with Crippen molar-refractivity contribution in [2.45, 2.75) is 45.6 Å². The van der Waals surface area contributed by atoms with Crippen molar-refractivity contribution in [3.05, 3.63) is 11.5 Å². The van der Waals surface area contributed by atoms with Crippen molar-refractivity contribution < 1.29 is 19.4 Å². The Balaban J connectivity index is 2.86. The molecule has 0 heterocycles. The van der Waals surface area contributed by atoms with E-state index in [0.717, 1.165) is 12.8 Å². The molecule has 0 amide bonds. The van der Waals surface area contributed by atoms with E-state index in [1.165, 1.54) is 0 Å². The van der Waals surface area contributed by atoms with Gasteiger partial charge >= 0.3 is 0 Å². The van der Waals surface area contributed by atoms with Crippen LogP contribution in [0.25, 0.3) is 0 Å². The number of aliphatic hydroxyl groups is 1. The van der Waals surface area contributed by atoms with Gasteiger partial charge in [-0.3, -0.25) is 4.79 Å². The fourth-order valence-electron chi connectivity index (χ4n) is 1.63. The van der Waals surface area contributed by atoms with Gasteiger partial charge in [-0.2, -0.15) is 0 Å². The minimum absolute atomic E-state index is 0.103. The predicted molar refractivity (Wildman–Crippen MR) is 67.5 cm³/mol. The lowest BCUT2D eigenvalue weighted by molar-refractivity contribution is -0.140. The molecule has 1 unspecified atom stereocenters. The fraction of sp³-hybridized carbons (Fsp3) is 0.643. The van der Waals surface area contributed by atoms with Crippen molar-refractivity contribution in [2.75, 3.05) is 13.2 Å². The van der Waals surface area contributed by atoms with E-state index in [1.807, 2.05) is 0 Å². The Morgan fingerprint density at radius 1 is 1.22 bits per heavy atom. The maximum atomic E-state index is 11.8. The summed E-state index contributed by atoms with van der Waals surface area (Å²) in [5.41, 5.74) is -1.80. The molecule has 1 atom stereocenters. The first-order chi connectivity index (χ1) is 8.61. The fourth-order valence-corrected chi connectivity index (χ4v) is 1.63. The first-order valence-corrected chi connectivity index (χ1v) is 6.39. The van der Waals surface area contributed by atoms with E-state index < -0.39 is 11.4 Å². The molecule has 1 aliphatic rings. The number of ketones is 1. The van der Waals surface area contributed by atoms with E-state index in [-0.39, 0.29) is 11.5 Å². The number of rotatable bonds is 6. The molecule has 0 aromatic carbocycles. The normalized spacial score (nSPS) is 22.1. The second-order valence-electron chi connectivity index (χ2n) is 3.97. The van der Waals surface area contributed by atoms with Gasteiger partial charge in [0, 0.05) is 6.42 Å². The minimum Gasteiger partial charge on any atom is -0.490 e. The highest BCUT2D eigenvalue weighted by atomic mass is 16.5. The molecule has 0 radical (unpaired) electrons. The van der Waals surface area contributed by atoms with Crippen LogP contribution >= 0.6 is 0 Å². The molecule has 0 fully saturated rings. The van der Waals surface area contributed by atoms with Gasteiger partial charge in [0.05, 0.1) is 13.2 Å². The van der Waals surface area contributed by atoms with E-state index in [0.29, 0.717) is 19.6 Å². The van der Waals surface area contributed by atoms with Crippen molar-refractivity contribution in [2.24, 2.45) is 0 Å². The standard InChI is InChI=1S/C14H20O4/c1-4-7-8-9-10-14(16)12(15)11(17-5-2)13(14)18-6-3/h16H,4-8H2,1-3H3. The second kappa shape index (κ2) is 6.46. The number of unbranched alkanes of at least 4 members (excludes halogenated alkanes) is 2. The lowest BCUT2D eigenvalue weighted by Crippen LogP contribution is -2.51. The molecule has 100 valence electrons. The molecule has 0 aromatic heterocycles. The Labute approximate surface area is 108 Å². The third-order valence-electron chi connectivity index (χ3n) is 2.57. The predicted octanol–water partition coefficient (Wildman–Crippen LogP) is 1.78. The number of Topliss-reactive ketones (excluding diaryl/α,β-unsaturated/α-hetero) is 1. The Hall–Kier alpha value is -1.47. The van der Waals surface area contributed by atoms with Crippen LogP contribution in [0.3, 0.4) is 0 Å². The molecule has 4 heteroatoms. The summed E-state index contributed by atoms with van der Waals surface area (Å²) in [5, 5.41) is 10.2. The van der Waals surface area contributed by atoms with Gasteiger partial charge in [0.2, 0.25) is 5.76 Å². The van der Waals surface area contributed by atoms with Crippen LogP contribution in [-0.2, 0) is 14.3 Å². The van der Waals surface area contributed by atoms with Crippen LogP contribution in [0, 0.1) is 11.8 Å². The largest absolute Gasteiger partial charge is 0.490 e. The highest BCUT2D eigenvalue weighted by Crippen LogP contribution is 2.36. The molecule has 1 rings (SSSR count). The highest BCUT2D eigenvalue weighted by Gasteiger charge is 2.56. The molecule has 0 bridgehead atoms. The average molecular weight is 252 g/mol. The Bertz CT molecular complexity index is 400. The summed E-state index contributed by atoms with van der Waals surface area (Å²) in [4.78, 5) is 11.8. The smallest absolute Gasteiger partial charge is 0.254 e. The topological polar surface area (TPSA) is 55.8 Å². The number of ether oxygens (including phenoxy) is 2. The summed E-state index contributed by atoms with van der Waals surface area (Å²) < 4.78 is 10.4. The number of carbonyl (C=O) groups excluding carboxylic acids is 1. The van der Waals surface area contributed by atoms with Gasteiger partial charge in [-0.05, 0) is 20.3 Å². The molecule has 0 saturated carbocycles. The maximum Gasteiger partial charge on any atom is 0.254 e. The quantitative estimate of drug-likeness (QED) is 0.578. The Morgan fingerprint density at radius 3 is 2.44 bits per heavy atom. The van der Waals surface area contributed by atoms with Crippen LogP contribution in [-0.4, -0.2) is 29.7 Å². The Morgan fingerprint density at radius 2 is 1.89 bits per heavy atom. The summed E-state index contributed by atoms with van der Waals surface area (Å²) in [6, 6.07) is 0. The highest BCUT2D eigenvalue weighted by molar-refractivity contribution is 6.12. The summed E-state index contributed by atoms with van der Waals surface area (Å²) >= 11 is 0. The molecule has 0 spiro atoms. The van der Waals surface area contributed by atoms with Gasteiger partial charge in [0.15, 0.2) is 5.76 Å². The zero-order chi connectivity index (χ0) is 13.6. The van der Waals surface area contributed by atoms with E-state index in [1.54, 1.807) is 13.8 Å². The lowest BCUT2D eigenvalue weighted by Gasteiger charge is -2.33. The van der Waals surface area contributed by atoms with Crippen molar-refractivity contribution >= 4 is 5.78 Å². The molecule has 1 N–H and O–H groups in total. The van der Waals surface area contributed by atoms with Gasteiger partial charge in [-0.1, -0.05) is 25.2 Å². The van der Waals surface area contributed by atoms with Crippen LogP contribution in [0.2, 0.25) is 0 Å². The third kappa shape index (κ3) is 2.68. The summed E-state index contributed by atoms with van der Waals surface area (Å²) in [7, 11) is 0. The Kier molecular flexibility index (Phi) is 5.24. The third-order valence-corrected chi connectivity index (χ3v) is 2.57. The average Bonchev–Trinajstić information content (AvgIpc) is 2.38. The second-order valence-corrected chi connectivity index (χ2v) is 3.97. The molecule has 1 aliphatic carbocycles. The SMILES string of the molecule is CCCCC#CC1(O)C(=O)C(OCC)=C1OCC. The van der Waals surface area contributed by atoms with Crippen molar-refractivity contribution in [1.82, 2.24) is 0 Å². The van der Waals surface area contributed by atoms with Crippen LogP contribution in [0.15, 0.2) is 11.5 Å². The van der Waals surface area contributed by atoms with Gasteiger partial charge in [0.1, 0.15) is 0 Å². The van der Waals surface area contributed by atoms with E-state index in [2.05, 4.69) is 18.8 Å². The molecule has 0 saturated heterocycles. The lowest BCUT2D eigenvalue weighted by atomic mass is 9.83. The van der Waals surface area contributed by atoms with Gasteiger partial charge in [-0.15, -0.1) is 0 Å². The van der Waals surface area contributed by atoms with E-state index in [9.17, 15) is 9.90 Å². The van der Waals surface area contributed by atoms with Crippen LogP contribution in [0.4, 0.5) is 0 Å². The van der Waals surface area contributed by atoms with Gasteiger partial charge < -0.3 is 14.6 Å². The van der Waals surface area contributed by atoms with Crippen molar-refractivity contribution in [1.29, 1.82) is 0 Å². The minimum atomic E-state index is -1.80. The molecule has 0 aliphatic heterocycles. The van der Waals surface area contributed by atoms with Gasteiger partial charge in [-0.25, -0.2) is 0 Å². The van der Waals surface area contributed by atoms with Gasteiger partial charge in [0.25, 0.3) is 11.4 Å². The maximum absolute atomic E-state index is 11.8. The molecule has 4 nitrogen and oxygen atoms in total. The molecule has 0 aromatic rings. The summed E-state index contributed by atoms with van der Waals surface area (Å²) in [6.07, 6.45) is 2.64. The summed E-state index contributed by atoms with van der Waals surface area (Å²) in [5.74, 6) is 5.17. The zero-order valence-electron chi connectivity index (χ0n) is 11.2. The van der Waals surface area contributed by atoms with Crippen LogP contribution in [0.5, 0.6) is 0 Å². The van der Waals surface area contributed by atoms with E-state index in [4.69, 9.17) is 9.47 Å². The summed E-state index contributed by atoms with van der Waals surface area (Å²) in [6.45, 7) is 6.33. The van der Waals surface area contributed by atoms with Crippen molar-refractivity contribution in [3.8, 4) is 11.8 Å². The molecular formula is C14H20O4. The van der Waals surface area contributed by atoms with Crippen LogP contribution in [0.1, 0.15) is 40.0 Å². The monoisotopic (exact) mass is 252 g/mol. The number of carbonyl (C=O) groups is 1. The number of hydrogen-bond acceptors (Lipinski definition) is 4. The zero-order valence-corrected chi connectivity index (χ0v) is 11.2. The van der Waals surface area contributed by atoms with Crippen LogP contribution < -0.4 is 0 Å². The van der Waals surface area contributed by atoms with E-state index >= 15 is 0 Å². The number of hydrogen-bond donors (Lipinski definition) is 1.